The van der Waals surface area contributed by atoms with Crippen molar-refractivity contribution in [3.63, 3.8) is 0 Å². The Bertz CT molecular complexity index is 804. The quantitative estimate of drug-likeness (QED) is 0.924. The number of carbonyl (C=O) groups excluding carboxylic acids is 1. The molecule has 0 aliphatic rings. The predicted molar refractivity (Wildman–Crippen MR) is 82.8 cm³/mol. The van der Waals surface area contributed by atoms with Gasteiger partial charge in [-0.3, -0.25) is 9.78 Å². The highest BCUT2D eigenvalue weighted by atomic mass is 35.5. The maximum atomic E-state index is 11.7. The first-order valence-electron chi connectivity index (χ1n) is 6.17. The zero-order chi connectivity index (χ0) is 16.3. The van der Waals surface area contributed by atoms with E-state index in [2.05, 4.69) is 4.98 Å². The van der Waals surface area contributed by atoms with Crippen molar-refractivity contribution in [3.05, 3.63) is 52.8 Å². The van der Waals surface area contributed by atoms with Gasteiger partial charge >= 0.3 is 0 Å². The molecule has 1 aromatic heterocycles. The molecule has 1 aromatic carbocycles. The highest BCUT2D eigenvalue weighted by molar-refractivity contribution is 7.89. The molecule has 2 rings (SSSR count). The molecule has 22 heavy (non-hydrogen) atoms. The molecule has 1 amide bonds. The molecule has 0 atom stereocenters. The van der Waals surface area contributed by atoms with E-state index < -0.39 is 15.9 Å². The van der Waals surface area contributed by atoms with Crippen molar-refractivity contribution < 1.29 is 17.9 Å². The minimum atomic E-state index is -3.63. The molecule has 0 bridgehead atoms. The number of sulfonamides is 1. The van der Waals surface area contributed by atoms with Crippen LogP contribution in [0.3, 0.4) is 0 Å². The average molecular weight is 341 g/mol. The normalized spacial score (nSPS) is 11.0. The molecule has 6 nitrogen and oxygen atoms in total. The van der Waals surface area contributed by atoms with Crippen molar-refractivity contribution in [3.8, 4) is 11.5 Å². The highest BCUT2D eigenvalue weighted by Gasteiger charge is 2.13. The summed E-state index contributed by atoms with van der Waals surface area (Å²) in [5.74, 6) is 0.0806. The second kappa shape index (κ2) is 6.33. The number of hydrogen-bond donors (Lipinski definition) is 1. The van der Waals surface area contributed by atoms with E-state index in [1.165, 1.54) is 18.2 Å². The van der Waals surface area contributed by atoms with Crippen LogP contribution in [0.1, 0.15) is 16.1 Å². The number of benzene rings is 1. The van der Waals surface area contributed by atoms with Crippen LogP contribution in [0.5, 0.6) is 11.5 Å². The number of hydrogen-bond acceptors (Lipinski definition) is 5. The molecule has 0 saturated heterocycles. The summed E-state index contributed by atoms with van der Waals surface area (Å²) >= 11 is 6.05. The van der Waals surface area contributed by atoms with E-state index in [1.807, 2.05) is 11.6 Å². The molecule has 2 aromatic rings. The van der Waals surface area contributed by atoms with Gasteiger partial charge in [-0.2, -0.15) is 0 Å². The van der Waals surface area contributed by atoms with Gasteiger partial charge in [0.2, 0.25) is 10.0 Å². The summed E-state index contributed by atoms with van der Waals surface area (Å²) in [6, 6.07) is 7.77. The summed E-state index contributed by atoms with van der Waals surface area (Å²) in [5, 5.41) is 0.182. The van der Waals surface area contributed by atoms with Crippen LogP contribution >= 0.6 is 11.6 Å². The second-order valence-corrected chi connectivity index (χ2v) is 6.74. The standard InChI is InChI=1S/C14H13ClN2O4S/c1-9-3-5-11(8-16-9)21-13-6-4-10(7-12(13)15)14(18)17-22(2,19)20/h3-8H,1-2H3,(H,17,18). The Hall–Kier alpha value is -2.12. The van der Waals surface area contributed by atoms with Gasteiger partial charge in [-0.05, 0) is 37.3 Å². The third-order valence-electron chi connectivity index (χ3n) is 2.58. The first-order valence-corrected chi connectivity index (χ1v) is 8.44. The largest absolute Gasteiger partial charge is 0.454 e. The third kappa shape index (κ3) is 4.44. The molecule has 0 spiro atoms. The number of carbonyl (C=O) groups is 1. The van der Waals surface area contributed by atoms with Gasteiger partial charge in [-0.25, -0.2) is 13.1 Å². The minimum absolute atomic E-state index is 0.116. The van der Waals surface area contributed by atoms with Gasteiger partial charge in [-0.15, -0.1) is 0 Å². The van der Waals surface area contributed by atoms with E-state index in [4.69, 9.17) is 16.3 Å². The summed E-state index contributed by atoms with van der Waals surface area (Å²) < 4.78 is 29.5. The van der Waals surface area contributed by atoms with Crippen LogP contribution in [0.15, 0.2) is 36.5 Å². The topological polar surface area (TPSA) is 85.4 Å². The maximum Gasteiger partial charge on any atom is 0.264 e. The smallest absolute Gasteiger partial charge is 0.264 e. The van der Waals surface area contributed by atoms with Crippen LogP contribution < -0.4 is 9.46 Å². The Morgan fingerprint density at radius 1 is 1.27 bits per heavy atom. The molecule has 0 aliphatic heterocycles. The van der Waals surface area contributed by atoms with Gasteiger partial charge < -0.3 is 4.74 Å². The van der Waals surface area contributed by atoms with E-state index in [9.17, 15) is 13.2 Å². The van der Waals surface area contributed by atoms with Gasteiger partial charge in [0, 0.05) is 11.3 Å². The van der Waals surface area contributed by atoms with Crippen LogP contribution in [-0.4, -0.2) is 25.6 Å². The molecule has 1 N–H and O–H groups in total. The summed E-state index contributed by atoms with van der Waals surface area (Å²) in [5.41, 5.74) is 0.969. The number of pyridine rings is 1. The third-order valence-corrected chi connectivity index (χ3v) is 3.44. The Kier molecular flexibility index (Phi) is 4.68. The Morgan fingerprint density at radius 2 is 2.00 bits per heavy atom. The van der Waals surface area contributed by atoms with Crippen molar-refractivity contribution in [2.24, 2.45) is 0 Å². The summed E-state index contributed by atoms with van der Waals surface area (Å²) in [7, 11) is -3.63. The summed E-state index contributed by atoms with van der Waals surface area (Å²) in [6.07, 6.45) is 2.45. The highest BCUT2D eigenvalue weighted by Crippen LogP contribution is 2.29. The molecule has 0 fully saturated rings. The van der Waals surface area contributed by atoms with Crippen molar-refractivity contribution >= 4 is 27.5 Å². The second-order valence-electron chi connectivity index (χ2n) is 4.59. The number of aryl methyl sites for hydroxylation is 1. The van der Waals surface area contributed by atoms with E-state index in [0.717, 1.165) is 11.9 Å². The maximum absolute atomic E-state index is 11.7. The lowest BCUT2D eigenvalue weighted by Crippen LogP contribution is -2.29. The van der Waals surface area contributed by atoms with Crippen LogP contribution in [0.25, 0.3) is 0 Å². The molecule has 8 heteroatoms. The van der Waals surface area contributed by atoms with Gasteiger partial charge in [0.1, 0.15) is 11.5 Å². The van der Waals surface area contributed by atoms with Crippen molar-refractivity contribution in [1.29, 1.82) is 0 Å². The van der Waals surface area contributed by atoms with E-state index in [1.54, 1.807) is 18.3 Å². The Labute approximate surface area is 133 Å². The van der Waals surface area contributed by atoms with Crippen LogP contribution in [0.4, 0.5) is 0 Å². The fourth-order valence-corrected chi connectivity index (χ4v) is 2.27. The first-order chi connectivity index (χ1) is 10.2. The van der Waals surface area contributed by atoms with Crippen LogP contribution in [0, 0.1) is 6.92 Å². The molecule has 0 radical (unpaired) electrons. The monoisotopic (exact) mass is 340 g/mol. The number of halogens is 1. The zero-order valence-electron chi connectivity index (χ0n) is 11.8. The van der Waals surface area contributed by atoms with Crippen molar-refractivity contribution in [1.82, 2.24) is 9.71 Å². The number of nitrogens with zero attached hydrogens (tertiary/aromatic N) is 1. The molecule has 0 saturated carbocycles. The van der Waals surface area contributed by atoms with Crippen LogP contribution in [0.2, 0.25) is 5.02 Å². The van der Waals surface area contributed by atoms with E-state index in [-0.39, 0.29) is 10.6 Å². The van der Waals surface area contributed by atoms with Crippen molar-refractivity contribution in [2.75, 3.05) is 6.26 Å². The van der Waals surface area contributed by atoms with E-state index in [0.29, 0.717) is 11.5 Å². The van der Waals surface area contributed by atoms with Gasteiger partial charge in [0.15, 0.2) is 0 Å². The average Bonchev–Trinajstić information content (AvgIpc) is 2.41. The molecule has 0 aliphatic carbocycles. The fourth-order valence-electron chi connectivity index (χ4n) is 1.59. The lowest BCUT2D eigenvalue weighted by molar-refractivity contribution is 0.0981. The lowest BCUT2D eigenvalue weighted by Gasteiger charge is -2.09. The fraction of sp³-hybridized carbons (Fsp3) is 0.143. The van der Waals surface area contributed by atoms with Gasteiger partial charge in [-0.1, -0.05) is 11.6 Å². The molecular weight excluding hydrogens is 328 g/mol. The molecule has 116 valence electrons. The molecular formula is C14H13ClN2O4S. The van der Waals surface area contributed by atoms with Gasteiger partial charge in [0.25, 0.3) is 5.91 Å². The van der Waals surface area contributed by atoms with Crippen LogP contribution in [-0.2, 0) is 10.0 Å². The first kappa shape index (κ1) is 16.3. The minimum Gasteiger partial charge on any atom is -0.454 e. The summed E-state index contributed by atoms with van der Waals surface area (Å²) in [6.45, 7) is 1.85. The van der Waals surface area contributed by atoms with E-state index >= 15 is 0 Å². The lowest BCUT2D eigenvalue weighted by atomic mass is 10.2. The Balaban J connectivity index is 2.19. The predicted octanol–water partition coefficient (Wildman–Crippen LogP) is 2.53. The summed E-state index contributed by atoms with van der Waals surface area (Å²) in [4.78, 5) is 15.8. The number of aromatic nitrogens is 1. The number of amides is 1. The van der Waals surface area contributed by atoms with Gasteiger partial charge in [0.05, 0.1) is 17.5 Å². The molecule has 0 unspecified atom stereocenters. The number of rotatable bonds is 4. The number of ether oxygens (including phenoxy) is 1. The SMILES string of the molecule is Cc1ccc(Oc2ccc(C(=O)NS(C)(=O)=O)cc2Cl)cn1. The zero-order valence-corrected chi connectivity index (χ0v) is 13.4. The Morgan fingerprint density at radius 3 is 2.55 bits per heavy atom. The number of nitrogens with one attached hydrogen (secondary N) is 1. The molecule has 1 heterocycles. The van der Waals surface area contributed by atoms with Crippen molar-refractivity contribution in [2.45, 2.75) is 6.92 Å².